The number of carbonyl (C=O) groups excluding carboxylic acids is 1. The van der Waals surface area contributed by atoms with E-state index in [9.17, 15) is 4.79 Å². The van der Waals surface area contributed by atoms with Gasteiger partial charge >= 0.3 is 0 Å². The first-order chi connectivity index (χ1) is 12.9. The van der Waals surface area contributed by atoms with Crippen LogP contribution < -0.4 is 10.6 Å². The molecular weight excluding hydrogens is 336 g/mol. The van der Waals surface area contributed by atoms with Gasteiger partial charge in [0.05, 0.1) is 5.56 Å². The number of anilines is 3. The molecule has 0 aliphatic carbocycles. The van der Waals surface area contributed by atoms with E-state index in [1.807, 2.05) is 50.2 Å². The number of hydrogen-bond donors (Lipinski definition) is 2. The fourth-order valence-corrected chi connectivity index (χ4v) is 2.81. The first-order valence-electron chi connectivity index (χ1n) is 9.00. The fourth-order valence-electron chi connectivity index (χ4n) is 2.81. The third-order valence-electron chi connectivity index (χ3n) is 4.38. The number of rotatable bonds is 5. The molecule has 0 aliphatic heterocycles. The van der Waals surface area contributed by atoms with Crippen LogP contribution in [0, 0.1) is 13.8 Å². The van der Waals surface area contributed by atoms with E-state index in [2.05, 4.69) is 40.5 Å². The summed E-state index contributed by atoms with van der Waals surface area (Å²) in [6, 6.07) is 14.0. The predicted molar refractivity (Wildman–Crippen MR) is 110 cm³/mol. The van der Waals surface area contributed by atoms with Crippen molar-refractivity contribution < 1.29 is 4.79 Å². The van der Waals surface area contributed by atoms with Crippen molar-refractivity contribution in [2.45, 2.75) is 33.6 Å². The maximum absolute atomic E-state index is 12.5. The summed E-state index contributed by atoms with van der Waals surface area (Å²) in [5, 5.41) is 6.15. The second-order valence-corrected chi connectivity index (χ2v) is 6.93. The maximum atomic E-state index is 12.5. The van der Waals surface area contributed by atoms with Crippen molar-refractivity contribution in [1.29, 1.82) is 0 Å². The van der Waals surface area contributed by atoms with Gasteiger partial charge in [0.1, 0.15) is 0 Å². The SMILES string of the molecule is Cc1ccc(C)c(NC(=O)c2cnc(Nc3ccccc3C(C)C)nc2)c1. The van der Waals surface area contributed by atoms with Crippen LogP contribution in [0.4, 0.5) is 17.3 Å². The van der Waals surface area contributed by atoms with E-state index in [0.717, 1.165) is 22.5 Å². The first kappa shape index (κ1) is 18.6. The van der Waals surface area contributed by atoms with Crippen molar-refractivity contribution in [3.8, 4) is 0 Å². The lowest BCUT2D eigenvalue weighted by Crippen LogP contribution is -2.14. The lowest BCUT2D eigenvalue weighted by Gasteiger charge is -2.13. The van der Waals surface area contributed by atoms with E-state index in [4.69, 9.17) is 0 Å². The number of nitrogens with one attached hydrogen (secondary N) is 2. The Bertz CT molecular complexity index is 949. The lowest BCUT2D eigenvalue weighted by molar-refractivity contribution is 0.102. The predicted octanol–water partition coefficient (Wildman–Crippen LogP) is 5.21. The average molecular weight is 360 g/mol. The van der Waals surface area contributed by atoms with E-state index >= 15 is 0 Å². The van der Waals surface area contributed by atoms with Gasteiger partial charge in [-0.05, 0) is 48.6 Å². The summed E-state index contributed by atoms with van der Waals surface area (Å²) in [6.45, 7) is 8.24. The lowest BCUT2D eigenvalue weighted by atomic mass is 10.0. The Morgan fingerprint density at radius 1 is 0.963 bits per heavy atom. The number of para-hydroxylation sites is 1. The molecular formula is C22H24N4O. The highest BCUT2D eigenvalue weighted by Gasteiger charge is 2.11. The zero-order valence-electron chi connectivity index (χ0n) is 16.1. The van der Waals surface area contributed by atoms with Gasteiger partial charge in [-0.25, -0.2) is 9.97 Å². The van der Waals surface area contributed by atoms with E-state index < -0.39 is 0 Å². The number of benzene rings is 2. The van der Waals surface area contributed by atoms with Crippen molar-refractivity contribution in [3.63, 3.8) is 0 Å². The highest BCUT2D eigenvalue weighted by atomic mass is 16.1. The zero-order chi connectivity index (χ0) is 19.4. The van der Waals surface area contributed by atoms with Gasteiger partial charge < -0.3 is 10.6 Å². The minimum Gasteiger partial charge on any atom is -0.324 e. The van der Waals surface area contributed by atoms with Crippen molar-refractivity contribution in [3.05, 3.63) is 77.1 Å². The Labute approximate surface area is 159 Å². The summed E-state index contributed by atoms with van der Waals surface area (Å²) in [5.74, 6) is 0.625. The monoisotopic (exact) mass is 360 g/mol. The third kappa shape index (κ3) is 4.50. The van der Waals surface area contributed by atoms with Crippen molar-refractivity contribution in [2.75, 3.05) is 10.6 Å². The summed E-state index contributed by atoms with van der Waals surface area (Å²) in [7, 11) is 0. The van der Waals surface area contributed by atoms with Gasteiger partial charge in [0.2, 0.25) is 5.95 Å². The second kappa shape index (κ2) is 7.99. The standard InChI is InChI=1S/C22H24N4O/c1-14(2)18-7-5-6-8-19(18)26-22-23-12-17(13-24-22)21(27)25-20-11-15(3)9-10-16(20)4/h5-14H,1-4H3,(H,25,27)(H,23,24,26). The van der Waals surface area contributed by atoms with Crippen molar-refractivity contribution in [2.24, 2.45) is 0 Å². The molecule has 0 bridgehead atoms. The van der Waals surface area contributed by atoms with E-state index in [1.54, 1.807) is 0 Å². The molecule has 2 aromatic carbocycles. The van der Waals surface area contributed by atoms with Gasteiger partial charge in [-0.2, -0.15) is 0 Å². The van der Waals surface area contributed by atoms with Gasteiger partial charge in [-0.3, -0.25) is 4.79 Å². The highest BCUT2D eigenvalue weighted by Crippen LogP contribution is 2.25. The molecule has 2 N–H and O–H groups in total. The Morgan fingerprint density at radius 2 is 1.67 bits per heavy atom. The van der Waals surface area contributed by atoms with Gasteiger partial charge in [0, 0.05) is 23.8 Å². The highest BCUT2D eigenvalue weighted by molar-refractivity contribution is 6.04. The van der Waals surface area contributed by atoms with E-state index in [1.165, 1.54) is 18.0 Å². The number of aryl methyl sites for hydroxylation is 2. The summed E-state index contributed by atoms with van der Waals surface area (Å²) in [6.07, 6.45) is 3.07. The number of nitrogens with zero attached hydrogens (tertiary/aromatic N) is 2. The van der Waals surface area contributed by atoms with Crippen LogP contribution in [0.15, 0.2) is 54.9 Å². The quantitative estimate of drug-likeness (QED) is 0.655. The Kier molecular flexibility index (Phi) is 5.50. The number of amides is 1. The minimum absolute atomic E-state index is 0.224. The maximum Gasteiger partial charge on any atom is 0.258 e. The Hall–Kier alpha value is -3.21. The zero-order valence-corrected chi connectivity index (χ0v) is 16.1. The van der Waals surface area contributed by atoms with Crippen LogP contribution in [0.5, 0.6) is 0 Å². The molecule has 0 aliphatic rings. The molecule has 27 heavy (non-hydrogen) atoms. The molecule has 1 heterocycles. The summed E-state index contributed by atoms with van der Waals surface area (Å²) in [5.41, 5.74) is 5.48. The van der Waals surface area contributed by atoms with Crippen LogP contribution >= 0.6 is 0 Å². The van der Waals surface area contributed by atoms with Crippen molar-refractivity contribution >= 4 is 23.2 Å². The molecule has 0 radical (unpaired) electrons. The van der Waals surface area contributed by atoms with Crippen LogP contribution in [-0.4, -0.2) is 15.9 Å². The van der Waals surface area contributed by atoms with Crippen LogP contribution in [0.2, 0.25) is 0 Å². The summed E-state index contributed by atoms with van der Waals surface area (Å²) >= 11 is 0. The normalized spacial score (nSPS) is 10.7. The number of carbonyl (C=O) groups is 1. The fraction of sp³-hybridized carbons (Fsp3) is 0.227. The third-order valence-corrected chi connectivity index (χ3v) is 4.38. The molecule has 1 aromatic heterocycles. The molecule has 3 rings (SSSR count). The topological polar surface area (TPSA) is 66.9 Å². The molecule has 0 spiro atoms. The molecule has 3 aromatic rings. The molecule has 5 nitrogen and oxygen atoms in total. The van der Waals surface area contributed by atoms with Crippen LogP contribution in [-0.2, 0) is 0 Å². The molecule has 0 atom stereocenters. The molecule has 138 valence electrons. The molecule has 5 heteroatoms. The molecule has 0 unspecified atom stereocenters. The number of hydrogen-bond acceptors (Lipinski definition) is 4. The Balaban J connectivity index is 1.74. The van der Waals surface area contributed by atoms with Gasteiger partial charge in [0.25, 0.3) is 5.91 Å². The molecule has 0 saturated carbocycles. The molecule has 1 amide bonds. The average Bonchev–Trinajstić information content (AvgIpc) is 2.65. The van der Waals surface area contributed by atoms with E-state index in [-0.39, 0.29) is 5.91 Å². The Morgan fingerprint density at radius 3 is 2.37 bits per heavy atom. The second-order valence-electron chi connectivity index (χ2n) is 6.93. The largest absolute Gasteiger partial charge is 0.324 e. The van der Waals surface area contributed by atoms with Crippen LogP contribution in [0.1, 0.15) is 46.8 Å². The van der Waals surface area contributed by atoms with Gasteiger partial charge in [0.15, 0.2) is 0 Å². The molecule has 0 fully saturated rings. The molecule has 0 saturated heterocycles. The summed E-state index contributed by atoms with van der Waals surface area (Å²) < 4.78 is 0. The smallest absolute Gasteiger partial charge is 0.258 e. The van der Waals surface area contributed by atoms with Crippen molar-refractivity contribution in [1.82, 2.24) is 9.97 Å². The van der Waals surface area contributed by atoms with Gasteiger partial charge in [-0.15, -0.1) is 0 Å². The summed E-state index contributed by atoms with van der Waals surface area (Å²) in [4.78, 5) is 21.1. The van der Waals surface area contributed by atoms with Gasteiger partial charge in [-0.1, -0.05) is 44.2 Å². The van der Waals surface area contributed by atoms with Crippen LogP contribution in [0.3, 0.4) is 0 Å². The first-order valence-corrected chi connectivity index (χ1v) is 9.00. The minimum atomic E-state index is -0.224. The van der Waals surface area contributed by atoms with Crippen LogP contribution in [0.25, 0.3) is 0 Å². The number of aromatic nitrogens is 2. The van der Waals surface area contributed by atoms with E-state index in [0.29, 0.717) is 17.4 Å².